The first-order valence-electron chi connectivity index (χ1n) is 6.37. The van der Waals surface area contributed by atoms with Gasteiger partial charge in [-0.1, -0.05) is 26.0 Å². The summed E-state index contributed by atoms with van der Waals surface area (Å²) in [4.78, 5) is 10.9. The Labute approximate surface area is 109 Å². The Hall–Kier alpha value is -1.35. The third-order valence-electron chi connectivity index (χ3n) is 2.32. The van der Waals surface area contributed by atoms with Gasteiger partial charge in [-0.2, -0.15) is 0 Å². The Morgan fingerprint density at radius 1 is 1.17 bits per heavy atom. The highest BCUT2D eigenvalue weighted by Crippen LogP contribution is 2.12. The first kappa shape index (κ1) is 14.7. The van der Waals surface area contributed by atoms with Gasteiger partial charge in [-0.3, -0.25) is 4.79 Å². The van der Waals surface area contributed by atoms with Crippen LogP contribution in [0.1, 0.15) is 26.3 Å². The van der Waals surface area contributed by atoms with Crippen LogP contribution in [0.5, 0.6) is 5.75 Å². The number of hydrogen-bond acceptors (Lipinski definition) is 3. The highest BCUT2D eigenvalue weighted by molar-refractivity contribution is 5.78. The van der Waals surface area contributed by atoms with Gasteiger partial charge in [-0.25, -0.2) is 0 Å². The van der Waals surface area contributed by atoms with E-state index < -0.39 is 0 Å². The minimum atomic E-state index is 0.172. The summed E-state index contributed by atoms with van der Waals surface area (Å²) in [7, 11) is 0. The maximum absolute atomic E-state index is 10.9. The number of rotatable bonds is 8. The van der Waals surface area contributed by atoms with Crippen LogP contribution in [0, 0.1) is 5.92 Å². The third kappa shape index (κ3) is 6.40. The standard InChI is InChI=1S/C15H22O3/c1-12(2)11-17-8-9-18-15-6-4-14(5-7-15)10-13(3)16/h4-7,12H,8-11H2,1-3H3. The fourth-order valence-corrected chi connectivity index (χ4v) is 1.53. The molecule has 1 aromatic carbocycles. The minimum Gasteiger partial charge on any atom is -0.491 e. The van der Waals surface area contributed by atoms with Crippen molar-refractivity contribution in [2.75, 3.05) is 19.8 Å². The van der Waals surface area contributed by atoms with Gasteiger partial charge < -0.3 is 9.47 Å². The second-order valence-corrected chi connectivity index (χ2v) is 4.84. The molecule has 0 atom stereocenters. The zero-order chi connectivity index (χ0) is 13.4. The lowest BCUT2D eigenvalue weighted by Gasteiger charge is -2.09. The Balaban J connectivity index is 2.24. The second kappa shape index (κ2) is 7.88. The van der Waals surface area contributed by atoms with Crippen LogP contribution in [0.4, 0.5) is 0 Å². The predicted molar refractivity (Wildman–Crippen MR) is 72.0 cm³/mol. The van der Waals surface area contributed by atoms with E-state index in [1.54, 1.807) is 6.92 Å². The van der Waals surface area contributed by atoms with Crippen molar-refractivity contribution in [3.05, 3.63) is 29.8 Å². The third-order valence-corrected chi connectivity index (χ3v) is 2.32. The maximum atomic E-state index is 10.9. The van der Waals surface area contributed by atoms with Crippen molar-refractivity contribution in [2.45, 2.75) is 27.2 Å². The van der Waals surface area contributed by atoms with Crippen molar-refractivity contribution in [3.8, 4) is 5.75 Å². The van der Waals surface area contributed by atoms with Crippen LogP contribution in [0.25, 0.3) is 0 Å². The normalized spacial score (nSPS) is 10.7. The number of carbonyl (C=O) groups is 1. The summed E-state index contributed by atoms with van der Waals surface area (Å²) in [5.74, 6) is 1.54. The van der Waals surface area contributed by atoms with Gasteiger partial charge in [0.05, 0.1) is 6.61 Å². The van der Waals surface area contributed by atoms with E-state index in [1.807, 2.05) is 24.3 Å². The lowest BCUT2D eigenvalue weighted by Crippen LogP contribution is -2.10. The molecular weight excluding hydrogens is 228 g/mol. The monoisotopic (exact) mass is 250 g/mol. The molecule has 0 fully saturated rings. The first-order valence-corrected chi connectivity index (χ1v) is 6.37. The van der Waals surface area contributed by atoms with Crippen molar-refractivity contribution < 1.29 is 14.3 Å². The molecule has 3 nitrogen and oxygen atoms in total. The molecule has 0 unspecified atom stereocenters. The molecule has 0 aliphatic carbocycles. The van der Waals surface area contributed by atoms with Crippen LogP contribution in [-0.4, -0.2) is 25.6 Å². The SMILES string of the molecule is CC(=O)Cc1ccc(OCCOCC(C)C)cc1. The molecule has 0 aromatic heterocycles. The molecule has 100 valence electrons. The fourth-order valence-electron chi connectivity index (χ4n) is 1.53. The molecule has 1 aromatic rings. The number of ketones is 1. The maximum Gasteiger partial charge on any atom is 0.134 e. The van der Waals surface area contributed by atoms with Crippen LogP contribution in [0.15, 0.2) is 24.3 Å². The lowest BCUT2D eigenvalue weighted by atomic mass is 10.1. The van der Waals surface area contributed by atoms with E-state index in [9.17, 15) is 4.79 Å². The molecule has 0 heterocycles. The van der Waals surface area contributed by atoms with Gasteiger partial charge in [0.15, 0.2) is 0 Å². The van der Waals surface area contributed by atoms with Gasteiger partial charge in [-0.15, -0.1) is 0 Å². The number of Topliss-reactive ketones (excluding diaryl/α,β-unsaturated/α-hetero) is 1. The van der Waals surface area contributed by atoms with Crippen LogP contribution in [0.3, 0.4) is 0 Å². The Morgan fingerprint density at radius 3 is 2.39 bits per heavy atom. The Kier molecular flexibility index (Phi) is 6.44. The van der Waals surface area contributed by atoms with Gasteiger partial charge in [0.25, 0.3) is 0 Å². The number of carbonyl (C=O) groups excluding carboxylic acids is 1. The van der Waals surface area contributed by atoms with Gasteiger partial charge in [0, 0.05) is 13.0 Å². The topological polar surface area (TPSA) is 35.5 Å². The molecule has 0 bridgehead atoms. The number of benzene rings is 1. The lowest BCUT2D eigenvalue weighted by molar-refractivity contribution is -0.116. The van der Waals surface area contributed by atoms with Crippen LogP contribution >= 0.6 is 0 Å². The first-order chi connectivity index (χ1) is 8.58. The molecule has 0 saturated heterocycles. The predicted octanol–water partition coefficient (Wildman–Crippen LogP) is 2.87. The van der Waals surface area contributed by atoms with E-state index in [2.05, 4.69) is 13.8 Å². The minimum absolute atomic E-state index is 0.172. The Morgan fingerprint density at radius 2 is 1.83 bits per heavy atom. The largest absolute Gasteiger partial charge is 0.491 e. The molecule has 0 spiro atoms. The van der Waals surface area contributed by atoms with Gasteiger partial charge in [0.2, 0.25) is 0 Å². The summed E-state index contributed by atoms with van der Waals surface area (Å²) in [5, 5.41) is 0. The van der Waals surface area contributed by atoms with Crippen molar-refractivity contribution in [3.63, 3.8) is 0 Å². The van der Waals surface area contributed by atoms with Crippen molar-refractivity contribution in [1.82, 2.24) is 0 Å². The van der Waals surface area contributed by atoms with E-state index in [0.29, 0.717) is 25.6 Å². The van der Waals surface area contributed by atoms with E-state index >= 15 is 0 Å². The van der Waals surface area contributed by atoms with Crippen molar-refractivity contribution in [2.24, 2.45) is 5.92 Å². The molecule has 0 N–H and O–H groups in total. The van der Waals surface area contributed by atoms with Crippen LogP contribution in [-0.2, 0) is 16.0 Å². The summed E-state index contributed by atoms with van der Waals surface area (Å²) in [5.41, 5.74) is 1.02. The quantitative estimate of drug-likeness (QED) is 0.665. The molecule has 0 aliphatic heterocycles. The van der Waals surface area contributed by atoms with Gasteiger partial charge >= 0.3 is 0 Å². The highest BCUT2D eigenvalue weighted by atomic mass is 16.5. The van der Waals surface area contributed by atoms with E-state index in [0.717, 1.165) is 17.9 Å². The average Bonchev–Trinajstić information content (AvgIpc) is 2.30. The van der Waals surface area contributed by atoms with Crippen LogP contribution in [0.2, 0.25) is 0 Å². The molecular formula is C15H22O3. The smallest absolute Gasteiger partial charge is 0.134 e. The highest BCUT2D eigenvalue weighted by Gasteiger charge is 1.99. The molecule has 18 heavy (non-hydrogen) atoms. The number of ether oxygens (including phenoxy) is 2. The molecule has 0 amide bonds. The summed E-state index contributed by atoms with van der Waals surface area (Å²) in [6, 6.07) is 7.62. The van der Waals surface area contributed by atoms with E-state index in [4.69, 9.17) is 9.47 Å². The van der Waals surface area contributed by atoms with E-state index in [1.165, 1.54) is 0 Å². The van der Waals surface area contributed by atoms with Gasteiger partial charge in [0.1, 0.15) is 18.1 Å². The summed E-state index contributed by atoms with van der Waals surface area (Å²) in [6.07, 6.45) is 0.484. The molecule has 0 aliphatic rings. The molecule has 1 rings (SSSR count). The number of hydrogen-bond donors (Lipinski definition) is 0. The summed E-state index contributed by atoms with van der Waals surface area (Å²) >= 11 is 0. The Bertz CT molecular complexity index is 355. The van der Waals surface area contributed by atoms with Crippen LogP contribution < -0.4 is 4.74 Å². The van der Waals surface area contributed by atoms with Crippen molar-refractivity contribution >= 4 is 5.78 Å². The van der Waals surface area contributed by atoms with Gasteiger partial charge in [-0.05, 0) is 30.5 Å². The summed E-state index contributed by atoms with van der Waals surface area (Å²) in [6.45, 7) is 7.76. The average molecular weight is 250 g/mol. The molecule has 0 saturated carbocycles. The molecule has 0 radical (unpaired) electrons. The fraction of sp³-hybridized carbons (Fsp3) is 0.533. The zero-order valence-electron chi connectivity index (χ0n) is 11.4. The van der Waals surface area contributed by atoms with Crippen molar-refractivity contribution in [1.29, 1.82) is 0 Å². The zero-order valence-corrected chi connectivity index (χ0v) is 11.4. The second-order valence-electron chi connectivity index (χ2n) is 4.84. The molecule has 3 heteroatoms. The summed E-state index contributed by atoms with van der Waals surface area (Å²) < 4.78 is 11.0. The van der Waals surface area contributed by atoms with E-state index in [-0.39, 0.29) is 5.78 Å².